The minimum absolute atomic E-state index is 0.212. The largest absolute Gasteiger partial charge is 0.464 e. The number of anilines is 1. The topological polar surface area (TPSA) is 73.3 Å². The minimum atomic E-state index is -0.478. The average molecular weight is 251 g/mol. The molecule has 1 saturated carbocycles. The lowest BCUT2D eigenvalue weighted by Gasteiger charge is -2.35. The Labute approximate surface area is 106 Å². The first kappa shape index (κ1) is 12.8. The van der Waals surface area contributed by atoms with E-state index in [9.17, 15) is 4.79 Å². The van der Waals surface area contributed by atoms with Crippen LogP contribution in [-0.4, -0.2) is 41.8 Å². The fourth-order valence-corrected chi connectivity index (χ4v) is 1.88. The molecular weight excluding hydrogens is 234 g/mol. The maximum absolute atomic E-state index is 11.2. The molecule has 0 amide bonds. The molecule has 6 nitrogen and oxygen atoms in total. The third kappa shape index (κ3) is 2.95. The predicted octanol–water partition coefficient (Wildman–Crippen LogP) is 1.24. The monoisotopic (exact) mass is 251 g/mol. The highest BCUT2D eigenvalue weighted by Gasteiger charge is 2.29. The molecule has 1 aromatic heterocycles. The van der Waals surface area contributed by atoms with Crippen molar-refractivity contribution in [2.75, 3.05) is 19.0 Å². The Morgan fingerprint density at radius 1 is 1.44 bits per heavy atom. The van der Waals surface area contributed by atoms with E-state index in [1.165, 1.54) is 13.3 Å². The standard InChI is InChI=1S/C12H17N3O3/c1-3-18-9-4-8(5-9)15-11-7-13-10(6-14-11)12(16)17-2/h6-9H,3-5H2,1-2H3,(H,14,15). The maximum atomic E-state index is 11.2. The zero-order valence-corrected chi connectivity index (χ0v) is 10.5. The van der Waals surface area contributed by atoms with Crippen molar-refractivity contribution in [3.05, 3.63) is 18.1 Å². The number of esters is 1. The molecule has 1 aliphatic rings. The van der Waals surface area contributed by atoms with Crippen molar-refractivity contribution in [2.24, 2.45) is 0 Å². The summed E-state index contributed by atoms with van der Waals surface area (Å²) >= 11 is 0. The smallest absolute Gasteiger partial charge is 0.358 e. The van der Waals surface area contributed by atoms with Crippen LogP contribution in [0.2, 0.25) is 0 Å². The number of nitrogens with zero attached hydrogens (tertiary/aromatic N) is 2. The van der Waals surface area contributed by atoms with E-state index < -0.39 is 5.97 Å². The van der Waals surface area contributed by atoms with Crippen molar-refractivity contribution < 1.29 is 14.3 Å². The molecule has 6 heteroatoms. The molecule has 0 bridgehead atoms. The fraction of sp³-hybridized carbons (Fsp3) is 0.583. The first-order valence-electron chi connectivity index (χ1n) is 6.01. The number of ether oxygens (including phenoxy) is 2. The van der Waals surface area contributed by atoms with Crippen molar-refractivity contribution >= 4 is 11.8 Å². The van der Waals surface area contributed by atoms with Gasteiger partial charge in [-0.25, -0.2) is 14.8 Å². The minimum Gasteiger partial charge on any atom is -0.464 e. The summed E-state index contributed by atoms with van der Waals surface area (Å²) in [6.07, 6.45) is 5.27. The van der Waals surface area contributed by atoms with Crippen LogP contribution in [0.5, 0.6) is 0 Å². The third-order valence-corrected chi connectivity index (χ3v) is 2.90. The van der Waals surface area contributed by atoms with Crippen LogP contribution >= 0.6 is 0 Å². The maximum Gasteiger partial charge on any atom is 0.358 e. The molecule has 2 rings (SSSR count). The highest BCUT2D eigenvalue weighted by molar-refractivity contribution is 5.86. The van der Waals surface area contributed by atoms with Gasteiger partial charge in [-0.2, -0.15) is 0 Å². The first-order chi connectivity index (χ1) is 8.72. The molecule has 0 aliphatic heterocycles. The molecule has 0 atom stereocenters. The number of aromatic nitrogens is 2. The van der Waals surface area contributed by atoms with Gasteiger partial charge in [-0.3, -0.25) is 0 Å². The van der Waals surface area contributed by atoms with E-state index in [1.807, 2.05) is 6.92 Å². The molecule has 98 valence electrons. The van der Waals surface area contributed by atoms with Gasteiger partial charge in [0.25, 0.3) is 0 Å². The molecule has 0 unspecified atom stereocenters. The number of carbonyl (C=O) groups excluding carboxylic acids is 1. The Kier molecular flexibility index (Phi) is 4.09. The van der Waals surface area contributed by atoms with Crippen molar-refractivity contribution in [3.63, 3.8) is 0 Å². The Morgan fingerprint density at radius 3 is 2.78 bits per heavy atom. The van der Waals surface area contributed by atoms with Gasteiger partial charge in [0.2, 0.25) is 0 Å². The second-order valence-electron chi connectivity index (χ2n) is 4.17. The lowest BCUT2D eigenvalue weighted by molar-refractivity contribution is 0.00292. The van der Waals surface area contributed by atoms with Gasteiger partial charge in [-0.1, -0.05) is 0 Å². The number of nitrogens with one attached hydrogen (secondary N) is 1. The molecule has 0 radical (unpaired) electrons. The van der Waals surface area contributed by atoms with E-state index in [0.29, 0.717) is 18.0 Å². The molecule has 1 N–H and O–H groups in total. The molecule has 0 spiro atoms. The van der Waals surface area contributed by atoms with E-state index in [4.69, 9.17) is 4.74 Å². The van der Waals surface area contributed by atoms with Crippen molar-refractivity contribution in [1.29, 1.82) is 0 Å². The van der Waals surface area contributed by atoms with E-state index in [0.717, 1.165) is 19.4 Å². The van der Waals surface area contributed by atoms with Crippen LogP contribution in [0.1, 0.15) is 30.3 Å². The van der Waals surface area contributed by atoms with Crippen molar-refractivity contribution in [2.45, 2.75) is 31.9 Å². The van der Waals surface area contributed by atoms with E-state index >= 15 is 0 Å². The van der Waals surface area contributed by atoms with Gasteiger partial charge in [0.15, 0.2) is 5.69 Å². The van der Waals surface area contributed by atoms with Crippen LogP contribution < -0.4 is 5.32 Å². The first-order valence-corrected chi connectivity index (χ1v) is 6.01. The van der Waals surface area contributed by atoms with Crippen molar-refractivity contribution in [3.8, 4) is 0 Å². The number of methoxy groups -OCH3 is 1. The summed E-state index contributed by atoms with van der Waals surface area (Å²) in [4.78, 5) is 19.3. The molecule has 0 saturated heterocycles. The molecule has 1 fully saturated rings. The highest BCUT2D eigenvalue weighted by Crippen LogP contribution is 2.25. The molecular formula is C12H17N3O3. The Balaban J connectivity index is 1.83. The molecule has 0 aromatic carbocycles. The predicted molar refractivity (Wildman–Crippen MR) is 65.4 cm³/mol. The summed E-state index contributed by atoms with van der Waals surface area (Å²) < 4.78 is 10.0. The zero-order chi connectivity index (χ0) is 13.0. The van der Waals surface area contributed by atoms with Crippen LogP contribution in [0.3, 0.4) is 0 Å². The second-order valence-corrected chi connectivity index (χ2v) is 4.17. The SMILES string of the molecule is CCOC1CC(Nc2cnc(C(=O)OC)cn2)C1. The van der Waals surface area contributed by atoms with Gasteiger partial charge in [0.05, 0.1) is 25.6 Å². The Bertz CT molecular complexity index is 402. The van der Waals surface area contributed by atoms with Crippen LogP contribution in [0.4, 0.5) is 5.82 Å². The molecule has 1 aromatic rings. The summed E-state index contributed by atoms with van der Waals surface area (Å²) in [5.74, 6) is 0.191. The van der Waals surface area contributed by atoms with Gasteiger partial charge in [-0.15, -0.1) is 0 Å². The van der Waals surface area contributed by atoms with Gasteiger partial charge >= 0.3 is 5.97 Å². The van der Waals surface area contributed by atoms with Gasteiger partial charge in [-0.05, 0) is 19.8 Å². The van der Waals surface area contributed by atoms with E-state index in [-0.39, 0.29) is 5.69 Å². The fourth-order valence-electron chi connectivity index (χ4n) is 1.88. The quantitative estimate of drug-likeness (QED) is 0.794. The summed E-state index contributed by atoms with van der Waals surface area (Å²) in [5, 5.41) is 3.25. The summed E-state index contributed by atoms with van der Waals surface area (Å²) in [6, 6.07) is 0.375. The summed E-state index contributed by atoms with van der Waals surface area (Å²) in [5.41, 5.74) is 0.212. The van der Waals surface area contributed by atoms with Crippen LogP contribution in [0, 0.1) is 0 Å². The summed E-state index contributed by atoms with van der Waals surface area (Å²) in [6.45, 7) is 2.75. The Morgan fingerprint density at radius 2 is 2.22 bits per heavy atom. The van der Waals surface area contributed by atoms with Gasteiger partial charge in [0, 0.05) is 12.6 Å². The lowest BCUT2D eigenvalue weighted by atomic mass is 9.89. The normalized spacial score (nSPS) is 22.1. The van der Waals surface area contributed by atoms with E-state index in [1.54, 1.807) is 6.20 Å². The zero-order valence-electron chi connectivity index (χ0n) is 10.5. The average Bonchev–Trinajstić information content (AvgIpc) is 2.36. The van der Waals surface area contributed by atoms with Crippen LogP contribution in [0.15, 0.2) is 12.4 Å². The number of carbonyl (C=O) groups is 1. The van der Waals surface area contributed by atoms with Crippen LogP contribution in [0.25, 0.3) is 0 Å². The van der Waals surface area contributed by atoms with Gasteiger partial charge < -0.3 is 14.8 Å². The van der Waals surface area contributed by atoms with E-state index in [2.05, 4.69) is 20.0 Å². The Hall–Kier alpha value is -1.69. The second kappa shape index (κ2) is 5.77. The molecule has 1 aliphatic carbocycles. The number of hydrogen-bond acceptors (Lipinski definition) is 6. The lowest BCUT2D eigenvalue weighted by Crippen LogP contribution is -2.41. The van der Waals surface area contributed by atoms with Gasteiger partial charge in [0.1, 0.15) is 5.82 Å². The number of rotatable bonds is 5. The highest BCUT2D eigenvalue weighted by atomic mass is 16.5. The van der Waals surface area contributed by atoms with Crippen molar-refractivity contribution in [1.82, 2.24) is 9.97 Å². The molecule has 1 heterocycles. The summed E-state index contributed by atoms with van der Waals surface area (Å²) in [7, 11) is 1.32. The third-order valence-electron chi connectivity index (χ3n) is 2.90. The molecule has 18 heavy (non-hydrogen) atoms. The number of hydrogen-bond donors (Lipinski definition) is 1. The van der Waals surface area contributed by atoms with Crippen LogP contribution in [-0.2, 0) is 9.47 Å².